The van der Waals surface area contributed by atoms with E-state index < -0.39 is 0 Å². The number of aryl methyl sites for hydroxylation is 1. The Morgan fingerprint density at radius 1 is 1.15 bits per heavy atom. The van der Waals surface area contributed by atoms with E-state index in [0.717, 1.165) is 29.7 Å². The van der Waals surface area contributed by atoms with Crippen LogP contribution < -0.4 is 20.7 Å². The smallest absolute Gasteiger partial charge is 0.315 e. The number of carbonyl (C=O) groups is 2. The van der Waals surface area contributed by atoms with Crippen molar-refractivity contribution in [2.24, 2.45) is 0 Å². The molecule has 1 aliphatic rings. The Bertz CT molecular complexity index is 598. The van der Waals surface area contributed by atoms with Gasteiger partial charge in [0.15, 0.2) is 0 Å². The van der Waals surface area contributed by atoms with Crippen LogP contribution in [0.15, 0.2) is 18.2 Å². The molecular formula is C20H31N3O3. The largest absolute Gasteiger partial charge is 0.496 e. The van der Waals surface area contributed by atoms with Gasteiger partial charge in [-0.05, 0) is 43.4 Å². The lowest BCUT2D eigenvalue weighted by Gasteiger charge is -2.22. The van der Waals surface area contributed by atoms with E-state index in [9.17, 15) is 9.59 Å². The van der Waals surface area contributed by atoms with E-state index in [1.54, 1.807) is 7.11 Å². The lowest BCUT2D eigenvalue weighted by atomic mass is 9.96. The fraction of sp³-hybridized carbons (Fsp3) is 0.600. The second-order valence-electron chi connectivity index (χ2n) is 6.92. The highest BCUT2D eigenvalue weighted by Gasteiger charge is 2.15. The molecule has 6 heteroatoms. The van der Waals surface area contributed by atoms with E-state index in [1.807, 2.05) is 25.1 Å². The van der Waals surface area contributed by atoms with Crippen molar-refractivity contribution in [3.8, 4) is 5.75 Å². The third-order valence-electron chi connectivity index (χ3n) is 4.77. The van der Waals surface area contributed by atoms with Crippen molar-refractivity contribution < 1.29 is 14.3 Å². The van der Waals surface area contributed by atoms with E-state index in [0.29, 0.717) is 32.0 Å². The molecule has 0 aliphatic heterocycles. The molecule has 1 fully saturated rings. The van der Waals surface area contributed by atoms with Crippen LogP contribution in [0.3, 0.4) is 0 Å². The molecule has 2 rings (SSSR count). The Kier molecular flexibility index (Phi) is 8.25. The molecule has 0 aromatic heterocycles. The van der Waals surface area contributed by atoms with E-state index in [-0.39, 0.29) is 11.9 Å². The lowest BCUT2D eigenvalue weighted by molar-refractivity contribution is -0.121. The molecule has 1 aromatic rings. The maximum Gasteiger partial charge on any atom is 0.315 e. The quantitative estimate of drug-likeness (QED) is 0.623. The normalized spacial score (nSPS) is 14.5. The Morgan fingerprint density at radius 2 is 1.92 bits per heavy atom. The first kappa shape index (κ1) is 20.1. The average molecular weight is 361 g/mol. The molecule has 26 heavy (non-hydrogen) atoms. The van der Waals surface area contributed by atoms with Gasteiger partial charge in [-0.25, -0.2) is 4.79 Å². The lowest BCUT2D eigenvalue weighted by Crippen LogP contribution is -2.43. The van der Waals surface area contributed by atoms with Gasteiger partial charge < -0.3 is 20.7 Å². The van der Waals surface area contributed by atoms with Crippen molar-refractivity contribution in [2.75, 3.05) is 13.7 Å². The fourth-order valence-electron chi connectivity index (χ4n) is 3.20. The molecule has 0 atom stereocenters. The predicted molar refractivity (Wildman–Crippen MR) is 102 cm³/mol. The van der Waals surface area contributed by atoms with Crippen LogP contribution in [0.1, 0.15) is 56.1 Å². The molecule has 3 N–H and O–H groups in total. The summed E-state index contributed by atoms with van der Waals surface area (Å²) in [6.07, 6.45) is 6.81. The van der Waals surface area contributed by atoms with Crippen LogP contribution in [-0.4, -0.2) is 31.6 Å². The van der Waals surface area contributed by atoms with Gasteiger partial charge in [-0.2, -0.15) is 0 Å². The molecule has 144 valence electrons. The third kappa shape index (κ3) is 6.94. The van der Waals surface area contributed by atoms with Crippen LogP contribution in [0.2, 0.25) is 0 Å². The van der Waals surface area contributed by atoms with Crippen LogP contribution in [-0.2, 0) is 11.3 Å². The summed E-state index contributed by atoms with van der Waals surface area (Å²) in [5.41, 5.74) is 2.07. The number of carbonyl (C=O) groups excluding carboxylic acids is 2. The second-order valence-corrected chi connectivity index (χ2v) is 6.92. The standard InChI is InChI=1S/C20H31N3O3/c1-15-10-11-16(13-18(15)26-2)14-22-19(24)9-6-12-21-20(25)23-17-7-4-3-5-8-17/h10-11,13,17H,3-9,12,14H2,1-2H3,(H,22,24)(H2,21,23,25). The van der Waals surface area contributed by atoms with E-state index in [1.165, 1.54) is 19.3 Å². The molecule has 0 heterocycles. The summed E-state index contributed by atoms with van der Waals surface area (Å²) < 4.78 is 5.29. The van der Waals surface area contributed by atoms with Gasteiger partial charge in [0.05, 0.1) is 7.11 Å². The number of benzene rings is 1. The molecule has 3 amide bonds. The van der Waals surface area contributed by atoms with Gasteiger partial charge in [-0.3, -0.25) is 4.79 Å². The number of hydrogen-bond acceptors (Lipinski definition) is 3. The Morgan fingerprint density at radius 3 is 2.65 bits per heavy atom. The highest BCUT2D eigenvalue weighted by atomic mass is 16.5. The van der Waals surface area contributed by atoms with Gasteiger partial charge >= 0.3 is 6.03 Å². The monoisotopic (exact) mass is 361 g/mol. The Labute approximate surface area is 156 Å². The number of methoxy groups -OCH3 is 1. The van der Waals surface area contributed by atoms with Crippen LogP contribution in [0.5, 0.6) is 5.75 Å². The summed E-state index contributed by atoms with van der Waals surface area (Å²) in [7, 11) is 1.64. The zero-order valence-electron chi connectivity index (χ0n) is 15.9. The van der Waals surface area contributed by atoms with Crippen molar-refractivity contribution >= 4 is 11.9 Å². The van der Waals surface area contributed by atoms with Crippen LogP contribution in [0.4, 0.5) is 4.79 Å². The summed E-state index contributed by atoms with van der Waals surface area (Å²) in [4.78, 5) is 23.7. The van der Waals surface area contributed by atoms with E-state index in [4.69, 9.17) is 4.74 Å². The SMILES string of the molecule is COc1cc(CNC(=O)CCCNC(=O)NC2CCCCC2)ccc1C. The minimum atomic E-state index is -0.121. The summed E-state index contributed by atoms with van der Waals surface area (Å²) in [5.74, 6) is 0.809. The number of amides is 3. The van der Waals surface area contributed by atoms with E-state index >= 15 is 0 Å². The van der Waals surface area contributed by atoms with Crippen LogP contribution in [0.25, 0.3) is 0 Å². The van der Waals surface area contributed by atoms with Crippen LogP contribution in [0, 0.1) is 6.92 Å². The predicted octanol–water partition coefficient (Wildman–Crippen LogP) is 3.03. The van der Waals surface area contributed by atoms with Crippen molar-refractivity contribution in [2.45, 2.75) is 64.5 Å². The van der Waals surface area contributed by atoms with E-state index in [2.05, 4.69) is 16.0 Å². The maximum absolute atomic E-state index is 11.9. The van der Waals surface area contributed by atoms with Crippen molar-refractivity contribution in [3.05, 3.63) is 29.3 Å². The molecule has 0 radical (unpaired) electrons. The fourth-order valence-corrected chi connectivity index (χ4v) is 3.20. The molecule has 0 spiro atoms. The summed E-state index contributed by atoms with van der Waals surface area (Å²) in [5, 5.41) is 8.74. The first-order chi connectivity index (χ1) is 12.6. The van der Waals surface area contributed by atoms with Crippen LogP contribution >= 0.6 is 0 Å². The minimum Gasteiger partial charge on any atom is -0.496 e. The summed E-state index contributed by atoms with van der Waals surface area (Å²) in [6.45, 7) is 2.97. The first-order valence-corrected chi connectivity index (χ1v) is 9.53. The van der Waals surface area contributed by atoms with Crippen molar-refractivity contribution in [1.29, 1.82) is 0 Å². The highest BCUT2D eigenvalue weighted by molar-refractivity contribution is 5.76. The molecule has 1 aliphatic carbocycles. The van der Waals surface area contributed by atoms with Gasteiger partial charge in [0.2, 0.25) is 5.91 Å². The van der Waals surface area contributed by atoms with Gasteiger partial charge in [0, 0.05) is 25.6 Å². The molecule has 0 saturated heterocycles. The van der Waals surface area contributed by atoms with Gasteiger partial charge in [0.25, 0.3) is 0 Å². The third-order valence-corrected chi connectivity index (χ3v) is 4.77. The number of nitrogens with one attached hydrogen (secondary N) is 3. The van der Waals surface area contributed by atoms with Gasteiger partial charge in [0.1, 0.15) is 5.75 Å². The zero-order chi connectivity index (χ0) is 18.8. The molecule has 1 saturated carbocycles. The number of hydrogen-bond donors (Lipinski definition) is 3. The van der Waals surface area contributed by atoms with Crippen molar-refractivity contribution in [1.82, 2.24) is 16.0 Å². The summed E-state index contributed by atoms with van der Waals surface area (Å²) >= 11 is 0. The second kappa shape index (κ2) is 10.7. The van der Waals surface area contributed by atoms with Gasteiger partial charge in [-0.1, -0.05) is 31.4 Å². The topological polar surface area (TPSA) is 79.5 Å². The minimum absolute atomic E-state index is 0.0148. The number of rotatable bonds is 8. The summed E-state index contributed by atoms with van der Waals surface area (Å²) in [6, 6.07) is 6.08. The zero-order valence-corrected chi connectivity index (χ0v) is 15.9. The average Bonchev–Trinajstić information content (AvgIpc) is 2.65. The number of ether oxygens (including phenoxy) is 1. The van der Waals surface area contributed by atoms with Crippen molar-refractivity contribution in [3.63, 3.8) is 0 Å². The first-order valence-electron chi connectivity index (χ1n) is 9.53. The Hall–Kier alpha value is -2.24. The molecular weight excluding hydrogens is 330 g/mol. The molecule has 0 bridgehead atoms. The molecule has 6 nitrogen and oxygen atoms in total. The number of urea groups is 1. The van der Waals surface area contributed by atoms with Gasteiger partial charge in [-0.15, -0.1) is 0 Å². The highest BCUT2D eigenvalue weighted by Crippen LogP contribution is 2.19. The molecule has 1 aromatic carbocycles. The molecule has 0 unspecified atom stereocenters. The maximum atomic E-state index is 11.9. The Balaban J connectivity index is 1.58.